The van der Waals surface area contributed by atoms with Crippen molar-refractivity contribution in [1.29, 1.82) is 0 Å². The molecular weight excluding hydrogens is 234 g/mol. The molecular formula is C13H19NO2S. The smallest absolute Gasteiger partial charge is 0.212 e. The highest BCUT2D eigenvalue weighted by Gasteiger charge is 2.29. The molecule has 1 aliphatic rings. The number of sulfonamides is 1. The van der Waals surface area contributed by atoms with Gasteiger partial charge in [-0.15, -0.1) is 0 Å². The first-order valence-corrected chi connectivity index (χ1v) is 7.70. The fourth-order valence-corrected chi connectivity index (χ4v) is 3.52. The van der Waals surface area contributed by atoms with Crippen molar-refractivity contribution in [3.8, 4) is 0 Å². The van der Waals surface area contributed by atoms with Crippen LogP contribution < -0.4 is 0 Å². The van der Waals surface area contributed by atoms with E-state index in [9.17, 15) is 8.42 Å². The van der Waals surface area contributed by atoms with Crippen molar-refractivity contribution in [3.63, 3.8) is 0 Å². The van der Waals surface area contributed by atoms with Crippen molar-refractivity contribution < 1.29 is 8.42 Å². The van der Waals surface area contributed by atoms with Gasteiger partial charge in [0.05, 0.1) is 5.75 Å². The van der Waals surface area contributed by atoms with Gasteiger partial charge in [0.25, 0.3) is 0 Å². The summed E-state index contributed by atoms with van der Waals surface area (Å²) in [5.41, 5.74) is 2.47. The van der Waals surface area contributed by atoms with Crippen LogP contribution in [0.2, 0.25) is 0 Å². The normalized spacial score (nSPS) is 20.3. The van der Waals surface area contributed by atoms with Gasteiger partial charge in [0.1, 0.15) is 0 Å². The Hall–Kier alpha value is -0.870. The van der Waals surface area contributed by atoms with Crippen LogP contribution in [0.25, 0.3) is 0 Å². The molecule has 1 aliphatic carbocycles. The average molecular weight is 253 g/mol. The van der Waals surface area contributed by atoms with Crippen LogP contribution in [0, 0.1) is 0 Å². The molecule has 0 radical (unpaired) electrons. The van der Waals surface area contributed by atoms with E-state index in [1.54, 1.807) is 18.3 Å². The first-order chi connectivity index (χ1) is 8.06. The van der Waals surface area contributed by atoms with Crippen molar-refractivity contribution in [3.05, 3.63) is 35.4 Å². The number of hydrogen-bond donors (Lipinski definition) is 0. The van der Waals surface area contributed by atoms with Gasteiger partial charge in [-0.1, -0.05) is 24.3 Å². The number of fused-ring (bicyclic) bond motifs is 1. The summed E-state index contributed by atoms with van der Waals surface area (Å²) in [4.78, 5) is 0. The minimum atomic E-state index is -3.11. The Morgan fingerprint density at radius 3 is 2.76 bits per heavy atom. The van der Waals surface area contributed by atoms with Crippen LogP contribution in [0.5, 0.6) is 0 Å². The topological polar surface area (TPSA) is 37.4 Å². The van der Waals surface area contributed by atoms with Gasteiger partial charge in [-0.05, 0) is 37.3 Å². The lowest BCUT2D eigenvalue weighted by atomic mass is 9.88. The molecule has 0 aromatic heterocycles. The predicted molar refractivity (Wildman–Crippen MR) is 69.3 cm³/mol. The molecule has 1 aromatic carbocycles. The Kier molecular flexibility index (Phi) is 3.54. The molecule has 0 amide bonds. The van der Waals surface area contributed by atoms with Gasteiger partial charge in [-0.25, -0.2) is 8.42 Å². The third-order valence-corrected chi connectivity index (χ3v) is 5.44. The summed E-state index contributed by atoms with van der Waals surface area (Å²) in [6, 6.07) is 8.19. The molecule has 0 spiro atoms. The van der Waals surface area contributed by atoms with E-state index in [-0.39, 0.29) is 11.8 Å². The van der Waals surface area contributed by atoms with Crippen LogP contribution in [-0.2, 0) is 16.4 Å². The number of rotatable bonds is 3. The Balaban J connectivity index is 2.36. The van der Waals surface area contributed by atoms with Crippen molar-refractivity contribution in [2.24, 2.45) is 0 Å². The second-order valence-electron chi connectivity index (χ2n) is 4.52. The molecule has 1 atom stereocenters. The lowest BCUT2D eigenvalue weighted by Crippen LogP contribution is -2.34. The highest BCUT2D eigenvalue weighted by atomic mass is 32.2. The standard InChI is InChI=1S/C13H19NO2S/c1-3-17(15,16)14(2)13-10-6-8-11-7-4-5-9-12(11)13/h4-5,7,9,13H,3,6,8,10H2,1-2H3. The van der Waals surface area contributed by atoms with E-state index in [0.717, 1.165) is 19.3 Å². The highest BCUT2D eigenvalue weighted by molar-refractivity contribution is 7.89. The minimum Gasteiger partial charge on any atom is -0.212 e. The SMILES string of the molecule is CCS(=O)(=O)N(C)C1CCCc2ccccc21. The van der Waals surface area contributed by atoms with Gasteiger partial charge in [-0.2, -0.15) is 4.31 Å². The van der Waals surface area contributed by atoms with Crippen LogP contribution in [-0.4, -0.2) is 25.5 Å². The Morgan fingerprint density at radius 1 is 1.35 bits per heavy atom. The van der Waals surface area contributed by atoms with Crippen LogP contribution in [0.3, 0.4) is 0 Å². The van der Waals surface area contributed by atoms with E-state index in [2.05, 4.69) is 12.1 Å². The molecule has 4 heteroatoms. The molecule has 0 heterocycles. The Bertz CT molecular complexity index is 496. The fraction of sp³-hybridized carbons (Fsp3) is 0.538. The summed E-state index contributed by atoms with van der Waals surface area (Å²) in [5, 5.41) is 0. The molecule has 3 nitrogen and oxygen atoms in total. The van der Waals surface area contributed by atoms with Crippen molar-refractivity contribution >= 4 is 10.0 Å². The maximum Gasteiger partial charge on any atom is 0.214 e. The zero-order valence-electron chi connectivity index (χ0n) is 10.4. The van der Waals surface area contributed by atoms with E-state index in [1.807, 2.05) is 12.1 Å². The zero-order valence-corrected chi connectivity index (χ0v) is 11.2. The first-order valence-electron chi connectivity index (χ1n) is 6.09. The van der Waals surface area contributed by atoms with Gasteiger partial charge < -0.3 is 0 Å². The van der Waals surface area contributed by atoms with Gasteiger partial charge in [0.15, 0.2) is 0 Å². The summed E-state index contributed by atoms with van der Waals surface area (Å²) in [7, 11) is -1.41. The van der Waals surface area contributed by atoms with Crippen LogP contribution in [0.4, 0.5) is 0 Å². The largest absolute Gasteiger partial charge is 0.214 e. The minimum absolute atomic E-state index is 0.0184. The van der Waals surface area contributed by atoms with Crippen LogP contribution in [0.15, 0.2) is 24.3 Å². The molecule has 2 rings (SSSR count). The molecule has 0 saturated heterocycles. The van der Waals surface area contributed by atoms with E-state index < -0.39 is 10.0 Å². The first kappa shape index (κ1) is 12.6. The van der Waals surface area contributed by atoms with Gasteiger partial charge in [-0.3, -0.25) is 0 Å². The zero-order chi connectivity index (χ0) is 12.5. The molecule has 1 aromatic rings. The number of nitrogens with zero attached hydrogens (tertiary/aromatic N) is 1. The molecule has 17 heavy (non-hydrogen) atoms. The maximum absolute atomic E-state index is 11.9. The van der Waals surface area contributed by atoms with E-state index in [1.165, 1.54) is 11.1 Å². The Labute approximate surface area is 104 Å². The lowest BCUT2D eigenvalue weighted by Gasteiger charge is -2.32. The summed E-state index contributed by atoms with van der Waals surface area (Å²) >= 11 is 0. The molecule has 94 valence electrons. The highest BCUT2D eigenvalue weighted by Crippen LogP contribution is 2.34. The van der Waals surface area contributed by atoms with Gasteiger partial charge >= 0.3 is 0 Å². The maximum atomic E-state index is 11.9. The van der Waals surface area contributed by atoms with E-state index in [0.29, 0.717) is 0 Å². The summed E-state index contributed by atoms with van der Waals surface area (Å²) < 4.78 is 25.4. The second-order valence-corrected chi connectivity index (χ2v) is 6.84. The quantitative estimate of drug-likeness (QED) is 0.829. The third-order valence-electron chi connectivity index (χ3n) is 3.58. The molecule has 0 N–H and O–H groups in total. The van der Waals surface area contributed by atoms with Crippen molar-refractivity contribution in [2.75, 3.05) is 12.8 Å². The second kappa shape index (κ2) is 4.78. The fourth-order valence-electron chi connectivity index (χ4n) is 2.50. The molecule has 1 unspecified atom stereocenters. The predicted octanol–water partition coefficient (Wildman–Crippen LogP) is 2.35. The number of hydrogen-bond acceptors (Lipinski definition) is 2. The van der Waals surface area contributed by atoms with Crippen LogP contribution >= 0.6 is 0 Å². The third kappa shape index (κ3) is 2.38. The molecule has 0 fully saturated rings. The lowest BCUT2D eigenvalue weighted by molar-refractivity contribution is 0.338. The van der Waals surface area contributed by atoms with Gasteiger partial charge in [0, 0.05) is 13.1 Å². The van der Waals surface area contributed by atoms with Crippen LogP contribution in [0.1, 0.15) is 36.9 Å². The van der Waals surface area contributed by atoms with Crippen molar-refractivity contribution in [2.45, 2.75) is 32.2 Å². The van der Waals surface area contributed by atoms with Gasteiger partial charge in [0.2, 0.25) is 10.0 Å². The van der Waals surface area contributed by atoms with E-state index in [4.69, 9.17) is 0 Å². The summed E-state index contributed by atoms with van der Waals surface area (Å²) in [5.74, 6) is 0.169. The van der Waals surface area contributed by atoms with Crippen molar-refractivity contribution in [1.82, 2.24) is 4.31 Å². The number of benzene rings is 1. The Morgan fingerprint density at radius 2 is 2.06 bits per heavy atom. The van der Waals surface area contributed by atoms with E-state index >= 15 is 0 Å². The number of aryl methyl sites for hydroxylation is 1. The monoisotopic (exact) mass is 253 g/mol. The summed E-state index contributed by atoms with van der Waals surface area (Å²) in [6.45, 7) is 1.70. The summed E-state index contributed by atoms with van der Waals surface area (Å²) in [6.07, 6.45) is 3.05. The molecule has 0 saturated carbocycles. The molecule has 0 aliphatic heterocycles. The average Bonchev–Trinajstić information content (AvgIpc) is 2.37. The molecule has 0 bridgehead atoms.